The van der Waals surface area contributed by atoms with Crippen molar-refractivity contribution in [3.8, 4) is 11.1 Å². The molecule has 7 heteroatoms. The molecule has 7 nitrogen and oxygen atoms in total. The fraction of sp³-hybridized carbons (Fsp3) is 0.286. The second-order valence-corrected chi connectivity index (χ2v) is 6.87. The summed E-state index contributed by atoms with van der Waals surface area (Å²) in [4.78, 5) is 23.8. The molecule has 1 fully saturated rings. The fourth-order valence-electron chi connectivity index (χ4n) is 3.24. The number of morpholine rings is 1. The summed E-state index contributed by atoms with van der Waals surface area (Å²) < 4.78 is 7.18. The van der Waals surface area contributed by atoms with E-state index in [0.717, 1.165) is 35.5 Å². The number of carbonyl (C=O) groups excluding carboxylic acids is 1. The molecule has 0 atom stereocenters. The van der Waals surface area contributed by atoms with Crippen molar-refractivity contribution in [3.63, 3.8) is 0 Å². The van der Waals surface area contributed by atoms with E-state index >= 15 is 0 Å². The minimum absolute atomic E-state index is 0.145. The van der Waals surface area contributed by atoms with Gasteiger partial charge in [-0.3, -0.25) is 4.79 Å². The van der Waals surface area contributed by atoms with Gasteiger partial charge in [0.15, 0.2) is 0 Å². The Morgan fingerprint density at radius 3 is 2.54 bits per heavy atom. The highest BCUT2D eigenvalue weighted by Crippen LogP contribution is 2.23. The van der Waals surface area contributed by atoms with Crippen molar-refractivity contribution in [3.05, 3.63) is 60.2 Å². The van der Waals surface area contributed by atoms with Crippen LogP contribution in [0.4, 0.5) is 11.6 Å². The lowest BCUT2D eigenvalue weighted by molar-refractivity contribution is 0.101. The summed E-state index contributed by atoms with van der Waals surface area (Å²) in [5.41, 5.74) is 4.20. The van der Waals surface area contributed by atoms with Gasteiger partial charge in [0.2, 0.25) is 5.95 Å². The molecule has 28 heavy (non-hydrogen) atoms. The molecule has 0 aliphatic carbocycles. The monoisotopic (exact) mass is 377 g/mol. The fourth-order valence-corrected chi connectivity index (χ4v) is 3.24. The molecule has 3 aromatic rings. The zero-order chi connectivity index (χ0) is 19.5. The van der Waals surface area contributed by atoms with Crippen LogP contribution in [-0.2, 0) is 11.8 Å². The van der Waals surface area contributed by atoms with E-state index in [1.54, 1.807) is 12.4 Å². The highest BCUT2D eigenvalue weighted by Gasteiger charge is 2.16. The number of nitrogens with one attached hydrogen (secondary N) is 1. The Kier molecular flexibility index (Phi) is 5.08. The van der Waals surface area contributed by atoms with Crippen LogP contribution in [0, 0.1) is 6.92 Å². The summed E-state index contributed by atoms with van der Waals surface area (Å²) in [6, 6.07) is 9.59. The summed E-state index contributed by atoms with van der Waals surface area (Å²) in [6.45, 7) is 4.97. The lowest BCUT2D eigenvalue weighted by Crippen LogP contribution is -2.37. The van der Waals surface area contributed by atoms with Crippen LogP contribution < -0.4 is 10.2 Å². The number of carbonyl (C=O) groups is 1. The SMILES string of the molecule is Cc1ccccc1NC(=O)c1cc(-c2cnc(N3CCOCC3)nc2)cn1C. The Bertz CT molecular complexity index is 975. The number of aromatic nitrogens is 3. The Hall–Kier alpha value is -3.19. The molecule has 0 bridgehead atoms. The zero-order valence-corrected chi connectivity index (χ0v) is 16.1. The summed E-state index contributed by atoms with van der Waals surface area (Å²) in [5.74, 6) is 0.564. The molecule has 4 rings (SSSR count). The van der Waals surface area contributed by atoms with E-state index in [-0.39, 0.29) is 5.91 Å². The van der Waals surface area contributed by atoms with Gasteiger partial charge in [-0.15, -0.1) is 0 Å². The molecule has 1 amide bonds. The molecule has 1 saturated heterocycles. The third kappa shape index (κ3) is 3.75. The van der Waals surface area contributed by atoms with Crippen molar-refractivity contribution in [2.75, 3.05) is 36.5 Å². The van der Waals surface area contributed by atoms with E-state index in [1.165, 1.54) is 0 Å². The van der Waals surface area contributed by atoms with Crippen LogP contribution >= 0.6 is 0 Å². The van der Waals surface area contributed by atoms with Gasteiger partial charge in [-0.25, -0.2) is 9.97 Å². The first-order valence-corrected chi connectivity index (χ1v) is 9.30. The van der Waals surface area contributed by atoms with E-state index in [9.17, 15) is 4.79 Å². The molecule has 3 heterocycles. The quantitative estimate of drug-likeness (QED) is 0.757. The number of para-hydroxylation sites is 1. The Morgan fingerprint density at radius 1 is 1.11 bits per heavy atom. The molecular weight excluding hydrogens is 354 g/mol. The highest BCUT2D eigenvalue weighted by atomic mass is 16.5. The van der Waals surface area contributed by atoms with Gasteiger partial charge in [-0.2, -0.15) is 0 Å². The maximum absolute atomic E-state index is 12.7. The number of hydrogen-bond donors (Lipinski definition) is 1. The predicted molar refractivity (Wildman–Crippen MR) is 109 cm³/mol. The van der Waals surface area contributed by atoms with Crippen molar-refractivity contribution in [1.82, 2.24) is 14.5 Å². The Labute approximate surface area is 164 Å². The molecule has 0 saturated carbocycles. The molecule has 0 unspecified atom stereocenters. The standard InChI is InChI=1S/C21H23N5O2/c1-15-5-3-4-6-18(15)24-20(27)19-11-16(14-25(19)2)17-12-22-21(23-13-17)26-7-9-28-10-8-26/h3-6,11-14H,7-10H2,1-2H3,(H,24,27). The van der Waals surface area contributed by atoms with Crippen LogP contribution in [0.25, 0.3) is 11.1 Å². The third-order valence-corrected chi connectivity index (χ3v) is 4.90. The number of benzene rings is 1. The first-order chi connectivity index (χ1) is 13.6. The van der Waals surface area contributed by atoms with Gasteiger partial charge in [-0.1, -0.05) is 18.2 Å². The van der Waals surface area contributed by atoms with E-state index in [0.29, 0.717) is 24.9 Å². The van der Waals surface area contributed by atoms with Crippen molar-refractivity contribution < 1.29 is 9.53 Å². The van der Waals surface area contributed by atoms with Gasteiger partial charge in [0.1, 0.15) is 5.69 Å². The smallest absolute Gasteiger partial charge is 0.272 e. The van der Waals surface area contributed by atoms with Gasteiger partial charge >= 0.3 is 0 Å². The minimum Gasteiger partial charge on any atom is -0.378 e. The maximum Gasteiger partial charge on any atom is 0.272 e. The predicted octanol–water partition coefficient (Wildman–Crippen LogP) is 2.88. The van der Waals surface area contributed by atoms with Crippen molar-refractivity contribution in [2.24, 2.45) is 7.05 Å². The van der Waals surface area contributed by atoms with Crippen LogP contribution in [0.15, 0.2) is 48.9 Å². The van der Waals surface area contributed by atoms with Gasteiger partial charge in [0.05, 0.1) is 13.2 Å². The molecule has 1 N–H and O–H groups in total. The van der Waals surface area contributed by atoms with E-state index in [4.69, 9.17) is 4.74 Å². The second kappa shape index (κ2) is 7.82. The number of anilines is 2. The number of nitrogens with zero attached hydrogens (tertiary/aromatic N) is 4. The largest absolute Gasteiger partial charge is 0.378 e. The number of ether oxygens (including phenoxy) is 1. The first kappa shape index (κ1) is 18.2. The second-order valence-electron chi connectivity index (χ2n) is 6.87. The molecule has 1 aliphatic heterocycles. The van der Waals surface area contributed by atoms with Crippen LogP contribution in [0.5, 0.6) is 0 Å². The third-order valence-electron chi connectivity index (χ3n) is 4.90. The van der Waals surface area contributed by atoms with E-state index in [1.807, 2.05) is 55.1 Å². The van der Waals surface area contributed by atoms with Crippen LogP contribution in [-0.4, -0.2) is 46.7 Å². The molecule has 0 spiro atoms. The molecule has 2 aromatic heterocycles. The topological polar surface area (TPSA) is 72.3 Å². The molecule has 1 aromatic carbocycles. The lowest BCUT2D eigenvalue weighted by atomic mass is 10.1. The van der Waals surface area contributed by atoms with E-state index in [2.05, 4.69) is 20.2 Å². The van der Waals surface area contributed by atoms with Crippen molar-refractivity contribution >= 4 is 17.5 Å². The lowest BCUT2D eigenvalue weighted by Gasteiger charge is -2.26. The summed E-state index contributed by atoms with van der Waals surface area (Å²) in [7, 11) is 1.86. The normalized spacial score (nSPS) is 14.1. The molecule has 1 aliphatic rings. The molecule has 0 radical (unpaired) electrons. The van der Waals surface area contributed by atoms with Gasteiger partial charge in [-0.05, 0) is 24.6 Å². The van der Waals surface area contributed by atoms with E-state index < -0.39 is 0 Å². The first-order valence-electron chi connectivity index (χ1n) is 9.30. The average Bonchev–Trinajstić information content (AvgIpc) is 3.12. The summed E-state index contributed by atoms with van der Waals surface area (Å²) in [5, 5.41) is 2.97. The number of hydrogen-bond acceptors (Lipinski definition) is 5. The summed E-state index contributed by atoms with van der Waals surface area (Å²) >= 11 is 0. The van der Waals surface area contributed by atoms with Gasteiger partial charge < -0.3 is 19.5 Å². The van der Waals surface area contributed by atoms with Crippen LogP contribution in [0.1, 0.15) is 16.1 Å². The molecule has 144 valence electrons. The highest BCUT2D eigenvalue weighted by molar-refractivity contribution is 6.04. The van der Waals surface area contributed by atoms with Gasteiger partial charge in [0, 0.05) is 55.5 Å². The van der Waals surface area contributed by atoms with Crippen molar-refractivity contribution in [2.45, 2.75) is 6.92 Å². The number of rotatable bonds is 4. The maximum atomic E-state index is 12.7. The van der Waals surface area contributed by atoms with Crippen LogP contribution in [0.3, 0.4) is 0 Å². The number of amides is 1. The Morgan fingerprint density at radius 2 is 1.82 bits per heavy atom. The minimum atomic E-state index is -0.145. The van der Waals surface area contributed by atoms with Crippen molar-refractivity contribution in [1.29, 1.82) is 0 Å². The zero-order valence-electron chi connectivity index (χ0n) is 16.1. The van der Waals surface area contributed by atoms with Gasteiger partial charge in [0.25, 0.3) is 5.91 Å². The summed E-state index contributed by atoms with van der Waals surface area (Å²) in [6.07, 6.45) is 5.52. The Balaban J connectivity index is 1.52. The number of aryl methyl sites for hydroxylation is 2. The molecular formula is C21H23N5O2. The van der Waals surface area contributed by atoms with Crippen LogP contribution in [0.2, 0.25) is 0 Å². The average molecular weight is 377 g/mol.